The highest BCUT2D eigenvalue weighted by molar-refractivity contribution is 7.07. The summed E-state index contributed by atoms with van der Waals surface area (Å²) in [5.41, 5.74) is 4.00. The van der Waals surface area contributed by atoms with Gasteiger partial charge in [0.15, 0.2) is 5.82 Å². The van der Waals surface area contributed by atoms with Gasteiger partial charge in [-0.1, -0.05) is 26.0 Å². The molecule has 160 valence electrons. The van der Waals surface area contributed by atoms with Gasteiger partial charge in [0, 0.05) is 11.6 Å². The number of pyridine rings is 1. The number of aromatic nitrogens is 2. The minimum atomic E-state index is -0.331. The number of rotatable bonds is 7. The van der Waals surface area contributed by atoms with E-state index in [2.05, 4.69) is 34.4 Å². The van der Waals surface area contributed by atoms with Gasteiger partial charge in [-0.2, -0.15) is 0 Å². The third-order valence-electron chi connectivity index (χ3n) is 4.64. The standard InChI is InChI=1S/C22H23N5O3S/c1-14(2)11-30-19-6-4-3-5-17(19)26-22(29)15-7-18-21(23-8-15)24-9-20(28)27(18)10-16-12-31-13-25-16/h3-8,12-14H,9-11H2,1-2H3,(H,23,24)(H,26,29). The van der Waals surface area contributed by atoms with Crippen LogP contribution in [0.15, 0.2) is 47.4 Å². The molecular formula is C22H23N5O3S. The number of ether oxygens (including phenoxy) is 1. The van der Waals surface area contributed by atoms with Gasteiger partial charge in [-0.25, -0.2) is 9.97 Å². The van der Waals surface area contributed by atoms with Crippen LogP contribution in [0.2, 0.25) is 0 Å². The second-order valence-corrected chi connectivity index (χ2v) is 8.28. The van der Waals surface area contributed by atoms with Crippen molar-refractivity contribution in [1.82, 2.24) is 9.97 Å². The molecule has 3 aromatic rings. The molecule has 0 aliphatic carbocycles. The summed E-state index contributed by atoms with van der Waals surface area (Å²) in [4.78, 5) is 35.7. The number of benzene rings is 1. The highest BCUT2D eigenvalue weighted by Crippen LogP contribution is 2.31. The van der Waals surface area contributed by atoms with E-state index < -0.39 is 0 Å². The normalized spacial score (nSPS) is 13.0. The average Bonchev–Trinajstić information content (AvgIpc) is 3.28. The molecule has 2 amide bonds. The van der Waals surface area contributed by atoms with Crippen molar-refractivity contribution >= 4 is 40.3 Å². The molecule has 1 aromatic carbocycles. The fraction of sp³-hybridized carbons (Fsp3) is 0.273. The van der Waals surface area contributed by atoms with Crippen molar-refractivity contribution in [2.75, 3.05) is 28.7 Å². The Labute approximate surface area is 184 Å². The number of para-hydroxylation sites is 2. The van der Waals surface area contributed by atoms with Gasteiger partial charge in [0.05, 0.1) is 47.8 Å². The molecule has 0 unspecified atom stereocenters. The van der Waals surface area contributed by atoms with Gasteiger partial charge >= 0.3 is 0 Å². The summed E-state index contributed by atoms with van der Waals surface area (Å²) in [6, 6.07) is 8.98. The summed E-state index contributed by atoms with van der Waals surface area (Å²) in [5, 5.41) is 7.79. The first kappa shape index (κ1) is 20.8. The lowest BCUT2D eigenvalue weighted by Gasteiger charge is -2.29. The molecule has 1 aliphatic heterocycles. The van der Waals surface area contributed by atoms with E-state index in [1.807, 2.05) is 23.6 Å². The number of hydrogen-bond donors (Lipinski definition) is 2. The Bertz CT molecular complexity index is 1080. The zero-order valence-electron chi connectivity index (χ0n) is 17.3. The highest BCUT2D eigenvalue weighted by atomic mass is 32.1. The average molecular weight is 438 g/mol. The molecule has 0 spiro atoms. The molecule has 0 fully saturated rings. The molecule has 31 heavy (non-hydrogen) atoms. The predicted molar refractivity (Wildman–Crippen MR) is 121 cm³/mol. The van der Waals surface area contributed by atoms with E-state index in [0.717, 1.165) is 5.69 Å². The number of amides is 2. The first-order valence-electron chi connectivity index (χ1n) is 9.96. The number of hydrogen-bond acceptors (Lipinski definition) is 7. The van der Waals surface area contributed by atoms with Crippen LogP contribution in [0.1, 0.15) is 29.9 Å². The highest BCUT2D eigenvalue weighted by Gasteiger charge is 2.27. The third kappa shape index (κ3) is 4.83. The molecular weight excluding hydrogens is 414 g/mol. The summed E-state index contributed by atoms with van der Waals surface area (Å²) < 4.78 is 5.82. The molecule has 4 rings (SSSR count). The van der Waals surface area contributed by atoms with Gasteiger partial charge in [-0.3, -0.25) is 9.59 Å². The van der Waals surface area contributed by atoms with Crippen molar-refractivity contribution in [2.45, 2.75) is 20.4 Å². The van der Waals surface area contributed by atoms with E-state index in [-0.39, 0.29) is 18.4 Å². The van der Waals surface area contributed by atoms with E-state index in [1.54, 1.807) is 22.5 Å². The minimum Gasteiger partial charge on any atom is -0.491 e. The molecule has 0 bridgehead atoms. The quantitative estimate of drug-likeness (QED) is 0.584. The Balaban J connectivity index is 1.57. The van der Waals surface area contributed by atoms with Crippen LogP contribution in [0.25, 0.3) is 0 Å². The Morgan fingerprint density at radius 2 is 2.16 bits per heavy atom. The summed E-state index contributed by atoms with van der Waals surface area (Å²) in [6.07, 6.45) is 1.50. The van der Waals surface area contributed by atoms with E-state index in [0.29, 0.717) is 47.6 Å². The van der Waals surface area contributed by atoms with Crippen LogP contribution < -0.4 is 20.3 Å². The van der Waals surface area contributed by atoms with Crippen LogP contribution in [-0.4, -0.2) is 34.9 Å². The lowest BCUT2D eigenvalue weighted by molar-refractivity contribution is -0.117. The van der Waals surface area contributed by atoms with Crippen LogP contribution in [0, 0.1) is 5.92 Å². The van der Waals surface area contributed by atoms with Crippen molar-refractivity contribution in [3.05, 3.63) is 58.7 Å². The number of anilines is 3. The topological polar surface area (TPSA) is 96.4 Å². The lowest BCUT2D eigenvalue weighted by Crippen LogP contribution is -2.40. The number of carbonyl (C=O) groups excluding carboxylic acids is 2. The van der Waals surface area contributed by atoms with Gasteiger partial charge in [0.25, 0.3) is 5.91 Å². The van der Waals surface area contributed by atoms with Crippen molar-refractivity contribution < 1.29 is 14.3 Å². The van der Waals surface area contributed by atoms with Gasteiger partial charge in [-0.15, -0.1) is 11.3 Å². The molecule has 0 atom stereocenters. The largest absolute Gasteiger partial charge is 0.491 e. The van der Waals surface area contributed by atoms with Crippen LogP contribution >= 0.6 is 11.3 Å². The Kier molecular flexibility index (Phi) is 6.13. The maximum Gasteiger partial charge on any atom is 0.257 e. The smallest absolute Gasteiger partial charge is 0.257 e. The van der Waals surface area contributed by atoms with Crippen LogP contribution in [0.5, 0.6) is 5.75 Å². The van der Waals surface area contributed by atoms with Gasteiger partial charge < -0.3 is 20.3 Å². The fourth-order valence-electron chi connectivity index (χ4n) is 3.11. The van der Waals surface area contributed by atoms with Crippen LogP contribution in [0.3, 0.4) is 0 Å². The van der Waals surface area contributed by atoms with E-state index >= 15 is 0 Å². The number of fused-ring (bicyclic) bond motifs is 1. The Morgan fingerprint density at radius 3 is 2.94 bits per heavy atom. The number of nitrogens with zero attached hydrogens (tertiary/aromatic N) is 3. The van der Waals surface area contributed by atoms with E-state index in [1.165, 1.54) is 17.5 Å². The van der Waals surface area contributed by atoms with Crippen LogP contribution in [0.4, 0.5) is 17.2 Å². The second kappa shape index (κ2) is 9.13. The fourth-order valence-corrected chi connectivity index (χ4v) is 3.66. The van der Waals surface area contributed by atoms with Crippen LogP contribution in [-0.2, 0) is 11.3 Å². The zero-order chi connectivity index (χ0) is 21.8. The minimum absolute atomic E-state index is 0.104. The monoisotopic (exact) mass is 437 g/mol. The molecule has 2 aromatic heterocycles. The molecule has 3 heterocycles. The number of nitrogens with one attached hydrogen (secondary N) is 2. The number of thiazole rings is 1. The molecule has 9 heteroatoms. The summed E-state index contributed by atoms with van der Waals surface area (Å²) in [5.74, 6) is 1.10. The molecule has 0 saturated carbocycles. The van der Waals surface area contributed by atoms with Crippen molar-refractivity contribution in [3.63, 3.8) is 0 Å². The SMILES string of the molecule is CC(C)COc1ccccc1NC(=O)c1cnc2c(c1)N(Cc1cscn1)C(=O)CN2. The van der Waals surface area contributed by atoms with E-state index in [4.69, 9.17) is 4.74 Å². The van der Waals surface area contributed by atoms with Gasteiger partial charge in [0.2, 0.25) is 5.91 Å². The molecule has 8 nitrogen and oxygen atoms in total. The third-order valence-corrected chi connectivity index (χ3v) is 5.27. The van der Waals surface area contributed by atoms with Crippen molar-refractivity contribution in [1.29, 1.82) is 0 Å². The molecule has 0 radical (unpaired) electrons. The van der Waals surface area contributed by atoms with Gasteiger partial charge in [-0.05, 0) is 24.1 Å². The molecule has 0 saturated heterocycles. The first-order valence-corrected chi connectivity index (χ1v) is 10.9. The van der Waals surface area contributed by atoms with Crippen molar-refractivity contribution in [3.8, 4) is 5.75 Å². The van der Waals surface area contributed by atoms with Crippen molar-refractivity contribution in [2.24, 2.45) is 5.92 Å². The zero-order valence-corrected chi connectivity index (χ0v) is 18.1. The number of carbonyl (C=O) groups is 2. The van der Waals surface area contributed by atoms with Gasteiger partial charge in [0.1, 0.15) is 5.75 Å². The lowest BCUT2D eigenvalue weighted by atomic mass is 10.1. The second-order valence-electron chi connectivity index (χ2n) is 7.56. The summed E-state index contributed by atoms with van der Waals surface area (Å²) in [7, 11) is 0. The summed E-state index contributed by atoms with van der Waals surface area (Å²) >= 11 is 1.47. The molecule has 2 N–H and O–H groups in total. The maximum atomic E-state index is 13.0. The summed E-state index contributed by atoms with van der Waals surface area (Å²) in [6.45, 7) is 5.15. The maximum absolute atomic E-state index is 13.0. The predicted octanol–water partition coefficient (Wildman–Crippen LogP) is 3.78. The molecule has 1 aliphatic rings. The first-order chi connectivity index (χ1) is 15.0. The Hall–Kier alpha value is -3.46. The van der Waals surface area contributed by atoms with E-state index in [9.17, 15) is 9.59 Å². The Morgan fingerprint density at radius 1 is 1.32 bits per heavy atom.